The molecule has 24 heavy (non-hydrogen) atoms. The van der Waals surface area contributed by atoms with Gasteiger partial charge in [-0.25, -0.2) is 13.9 Å². The van der Waals surface area contributed by atoms with Crippen molar-refractivity contribution >= 4 is 5.97 Å². The van der Waals surface area contributed by atoms with Crippen LogP contribution in [-0.2, 0) is 6.54 Å². The summed E-state index contributed by atoms with van der Waals surface area (Å²) >= 11 is 0. The molecular weight excluding hydrogens is 313 g/mol. The van der Waals surface area contributed by atoms with Crippen LogP contribution in [0.1, 0.15) is 16.1 Å². The van der Waals surface area contributed by atoms with Gasteiger partial charge in [0.15, 0.2) is 5.69 Å². The minimum Gasteiger partial charge on any atom is -0.497 e. The van der Waals surface area contributed by atoms with Gasteiger partial charge in [-0.05, 0) is 29.8 Å². The Balaban J connectivity index is 2.06. The van der Waals surface area contributed by atoms with Crippen LogP contribution in [0.2, 0.25) is 0 Å². The second-order valence-electron chi connectivity index (χ2n) is 5.11. The number of carboxylic acid groups (broad SMARTS) is 1. The summed E-state index contributed by atoms with van der Waals surface area (Å²) in [4.78, 5) is 11.5. The standard InChI is InChI=1S/C17H14FN3O3/c1-24-14-4-2-3-12(9-14)16-15(17(22)23)19-20-21(16)10-11-5-7-13(18)8-6-11/h2-9H,10H2,1H3,(H,22,23). The molecule has 0 aliphatic rings. The van der Waals surface area contributed by atoms with Crippen LogP contribution in [0.4, 0.5) is 4.39 Å². The van der Waals surface area contributed by atoms with Gasteiger partial charge in [-0.15, -0.1) is 5.10 Å². The summed E-state index contributed by atoms with van der Waals surface area (Å²) in [5.41, 5.74) is 1.62. The van der Waals surface area contributed by atoms with Crippen molar-refractivity contribution in [3.63, 3.8) is 0 Å². The number of hydrogen-bond acceptors (Lipinski definition) is 4. The number of ether oxygens (including phenoxy) is 1. The van der Waals surface area contributed by atoms with Crippen LogP contribution in [-0.4, -0.2) is 33.2 Å². The van der Waals surface area contributed by atoms with Crippen molar-refractivity contribution in [1.29, 1.82) is 0 Å². The molecule has 2 aromatic carbocycles. The lowest BCUT2D eigenvalue weighted by Gasteiger charge is -2.09. The average molecular weight is 327 g/mol. The highest BCUT2D eigenvalue weighted by atomic mass is 19.1. The van der Waals surface area contributed by atoms with Gasteiger partial charge in [0.05, 0.1) is 13.7 Å². The maximum Gasteiger partial charge on any atom is 0.358 e. The van der Waals surface area contributed by atoms with Crippen LogP contribution in [0.5, 0.6) is 5.75 Å². The summed E-state index contributed by atoms with van der Waals surface area (Å²) in [7, 11) is 1.53. The first-order valence-corrected chi connectivity index (χ1v) is 7.14. The molecule has 6 nitrogen and oxygen atoms in total. The predicted molar refractivity (Wildman–Crippen MR) is 84.5 cm³/mol. The van der Waals surface area contributed by atoms with Gasteiger partial charge in [0.2, 0.25) is 0 Å². The number of rotatable bonds is 5. The number of nitrogens with zero attached hydrogens (tertiary/aromatic N) is 3. The predicted octanol–water partition coefficient (Wildman–Crippen LogP) is 2.84. The quantitative estimate of drug-likeness (QED) is 0.780. The Morgan fingerprint density at radius 3 is 2.67 bits per heavy atom. The number of halogens is 1. The molecule has 1 aromatic heterocycles. The van der Waals surface area contributed by atoms with Crippen molar-refractivity contribution in [3.8, 4) is 17.0 Å². The molecular formula is C17H14FN3O3. The van der Waals surface area contributed by atoms with E-state index in [1.165, 1.54) is 23.9 Å². The zero-order chi connectivity index (χ0) is 17.1. The summed E-state index contributed by atoms with van der Waals surface area (Å²) < 4.78 is 19.7. The second kappa shape index (κ2) is 6.49. The lowest BCUT2D eigenvalue weighted by atomic mass is 10.1. The summed E-state index contributed by atoms with van der Waals surface area (Å²) in [5, 5.41) is 17.1. The molecule has 0 aliphatic carbocycles. The van der Waals surface area contributed by atoms with E-state index in [-0.39, 0.29) is 18.1 Å². The van der Waals surface area contributed by atoms with Gasteiger partial charge in [0, 0.05) is 5.56 Å². The molecule has 0 saturated carbocycles. The molecule has 0 saturated heterocycles. The molecule has 1 heterocycles. The molecule has 0 aliphatic heterocycles. The molecule has 0 radical (unpaired) electrons. The van der Waals surface area contributed by atoms with Crippen molar-refractivity contribution in [2.75, 3.05) is 7.11 Å². The van der Waals surface area contributed by atoms with Crippen LogP contribution in [0.25, 0.3) is 11.3 Å². The molecule has 0 bridgehead atoms. The van der Waals surface area contributed by atoms with Gasteiger partial charge in [0.25, 0.3) is 0 Å². The number of carboxylic acids is 1. The Labute approximate surface area is 137 Å². The largest absolute Gasteiger partial charge is 0.497 e. The average Bonchev–Trinajstić information content (AvgIpc) is 3.01. The first kappa shape index (κ1) is 15.7. The van der Waals surface area contributed by atoms with E-state index in [9.17, 15) is 14.3 Å². The highest BCUT2D eigenvalue weighted by molar-refractivity contribution is 5.92. The van der Waals surface area contributed by atoms with Crippen molar-refractivity contribution in [2.24, 2.45) is 0 Å². The van der Waals surface area contributed by atoms with Crippen molar-refractivity contribution in [3.05, 3.63) is 65.6 Å². The maximum absolute atomic E-state index is 13.0. The second-order valence-corrected chi connectivity index (χ2v) is 5.11. The number of benzene rings is 2. The minimum absolute atomic E-state index is 0.148. The fraction of sp³-hybridized carbons (Fsp3) is 0.118. The molecule has 0 amide bonds. The van der Waals surface area contributed by atoms with E-state index in [1.807, 2.05) is 0 Å². The lowest BCUT2D eigenvalue weighted by Crippen LogP contribution is -2.06. The van der Waals surface area contributed by atoms with E-state index in [4.69, 9.17) is 4.74 Å². The van der Waals surface area contributed by atoms with Crippen LogP contribution in [0, 0.1) is 5.82 Å². The van der Waals surface area contributed by atoms with Gasteiger partial charge in [-0.2, -0.15) is 0 Å². The monoisotopic (exact) mass is 327 g/mol. The van der Waals surface area contributed by atoms with E-state index >= 15 is 0 Å². The topological polar surface area (TPSA) is 77.2 Å². The lowest BCUT2D eigenvalue weighted by molar-refractivity contribution is 0.0691. The third-order valence-electron chi connectivity index (χ3n) is 3.53. The molecule has 1 N–H and O–H groups in total. The third-order valence-corrected chi connectivity index (χ3v) is 3.53. The number of carbonyl (C=O) groups is 1. The maximum atomic E-state index is 13.0. The van der Waals surface area contributed by atoms with E-state index in [2.05, 4.69) is 10.3 Å². The molecule has 3 aromatic rings. The zero-order valence-corrected chi connectivity index (χ0v) is 12.8. The van der Waals surface area contributed by atoms with Gasteiger partial charge in [-0.3, -0.25) is 0 Å². The number of hydrogen-bond donors (Lipinski definition) is 1. The summed E-state index contributed by atoms with van der Waals surface area (Å²) in [5.74, 6) is -0.909. The van der Waals surface area contributed by atoms with Crippen LogP contribution in [0.3, 0.4) is 0 Å². The fourth-order valence-electron chi connectivity index (χ4n) is 2.39. The van der Waals surface area contributed by atoms with Gasteiger partial charge >= 0.3 is 5.97 Å². The number of methoxy groups -OCH3 is 1. The minimum atomic E-state index is -1.17. The van der Waals surface area contributed by atoms with Crippen molar-refractivity contribution in [2.45, 2.75) is 6.54 Å². The first-order chi connectivity index (χ1) is 11.6. The van der Waals surface area contributed by atoms with Crippen LogP contribution >= 0.6 is 0 Å². The molecule has 0 fully saturated rings. The van der Waals surface area contributed by atoms with Gasteiger partial charge < -0.3 is 9.84 Å². The first-order valence-electron chi connectivity index (χ1n) is 7.14. The van der Waals surface area contributed by atoms with E-state index in [0.717, 1.165) is 5.56 Å². The number of aromatic carboxylic acids is 1. The summed E-state index contributed by atoms with van der Waals surface area (Å²) in [6, 6.07) is 12.9. The normalized spacial score (nSPS) is 10.6. The molecule has 0 spiro atoms. The molecule has 7 heteroatoms. The highest BCUT2D eigenvalue weighted by Crippen LogP contribution is 2.26. The highest BCUT2D eigenvalue weighted by Gasteiger charge is 2.21. The summed E-state index contributed by atoms with van der Waals surface area (Å²) in [6.45, 7) is 0.271. The molecule has 0 atom stereocenters. The Morgan fingerprint density at radius 1 is 1.25 bits per heavy atom. The van der Waals surface area contributed by atoms with Crippen molar-refractivity contribution < 1.29 is 19.0 Å². The van der Waals surface area contributed by atoms with Gasteiger partial charge in [0.1, 0.15) is 17.3 Å². The smallest absolute Gasteiger partial charge is 0.358 e. The Kier molecular flexibility index (Phi) is 4.24. The van der Waals surface area contributed by atoms with Gasteiger partial charge in [-0.1, -0.05) is 29.5 Å². The Bertz CT molecular complexity index is 875. The molecule has 3 rings (SSSR count). The van der Waals surface area contributed by atoms with E-state index in [1.54, 1.807) is 36.4 Å². The fourth-order valence-corrected chi connectivity index (χ4v) is 2.39. The number of aromatic nitrogens is 3. The summed E-state index contributed by atoms with van der Waals surface area (Å²) in [6.07, 6.45) is 0. The van der Waals surface area contributed by atoms with E-state index in [0.29, 0.717) is 17.0 Å². The van der Waals surface area contributed by atoms with E-state index < -0.39 is 5.97 Å². The SMILES string of the molecule is COc1cccc(-c2c(C(=O)O)nnn2Cc2ccc(F)cc2)c1. The molecule has 0 unspecified atom stereocenters. The van der Waals surface area contributed by atoms with Crippen LogP contribution in [0.15, 0.2) is 48.5 Å². The third kappa shape index (κ3) is 3.10. The Morgan fingerprint density at radius 2 is 2.00 bits per heavy atom. The molecule has 122 valence electrons. The van der Waals surface area contributed by atoms with Crippen molar-refractivity contribution in [1.82, 2.24) is 15.0 Å². The zero-order valence-electron chi connectivity index (χ0n) is 12.8. The van der Waals surface area contributed by atoms with Crippen LogP contribution < -0.4 is 4.74 Å². The Hall–Kier alpha value is -3.22.